The van der Waals surface area contributed by atoms with E-state index in [1.54, 1.807) is 30.3 Å². The molecule has 0 fully saturated rings. The van der Waals surface area contributed by atoms with Crippen LogP contribution in [-0.4, -0.2) is 27.1 Å². The lowest BCUT2D eigenvalue weighted by Gasteiger charge is -2.17. The number of carbonyl (C=O) groups is 2. The number of urea groups is 1. The van der Waals surface area contributed by atoms with Crippen molar-refractivity contribution in [3.8, 4) is 0 Å². The maximum absolute atomic E-state index is 11.9. The summed E-state index contributed by atoms with van der Waals surface area (Å²) in [6.45, 7) is 0. The summed E-state index contributed by atoms with van der Waals surface area (Å²) in [5.74, 6) is -0.850. The van der Waals surface area contributed by atoms with Crippen LogP contribution in [-0.2, 0) is 4.79 Å². The van der Waals surface area contributed by atoms with Crippen LogP contribution in [0.15, 0.2) is 48.8 Å². The lowest BCUT2D eigenvalue weighted by molar-refractivity contribution is -0.137. The highest BCUT2D eigenvalue weighted by Gasteiger charge is 2.18. The first-order valence-corrected chi connectivity index (χ1v) is 6.26. The van der Waals surface area contributed by atoms with Gasteiger partial charge in [0.25, 0.3) is 0 Å². The van der Waals surface area contributed by atoms with Gasteiger partial charge in [-0.3, -0.25) is 10.1 Å². The van der Waals surface area contributed by atoms with Crippen molar-refractivity contribution in [2.75, 3.05) is 5.32 Å². The van der Waals surface area contributed by atoms with E-state index in [1.165, 1.54) is 12.4 Å². The van der Waals surface area contributed by atoms with Crippen LogP contribution in [0.25, 0.3) is 0 Å². The zero-order valence-corrected chi connectivity index (χ0v) is 11.1. The highest BCUT2D eigenvalue weighted by molar-refractivity contribution is 5.88. The molecular formula is C14H14N4O3. The molecule has 1 aromatic heterocycles. The van der Waals surface area contributed by atoms with E-state index in [0.717, 1.165) is 0 Å². The summed E-state index contributed by atoms with van der Waals surface area (Å²) in [5.41, 5.74) is 0.712. The third-order valence-corrected chi connectivity index (χ3v) is 2.68. The fraction of sp³-hybridized carbons (Fsp3) is 0.143. The van der Waals surface area contributed by atoms with Gasteiger partial charge in [-0.1, -0.05) is 30.3 Å². The summed E-state index contributed by atoms with van der Waals surface area (Å²) in [6.07, 6.45) is 2.77. The number of aliphatic carboxylic acids is 1. The second-order valence-corrected chi connectivity index (χ2v) is 4.23. The summed E-state index contributed by atoms with van der Waals surface area (Å²) in [4.78, 5) is 30.5. The van der Waals surface area contributed by atoms with E-state index in [4.69, 9.17) is 5.11 Å². The van der Waals surface area contributed by atoms with Gasteiger partial charge in [-0.25, -0.2) is 14.8 Å². The molecule has 108 valence electrons. The highest BCUT2D eigenvalue weighted by atomic mass is 16.4. The van der Waals surface area contributed by atoms with Crippen LogP contribution in [0.3, 0.4) is 0 Å². The Kier molecular flexibility index (Phi) is 4.81. The summed E-state index contributed by atoms with van der Waals surface area (Å²) in [5, 5.41) is 14.0. The molecule has 2 amide bonds. The van der Waals surface area contributed by atoms with Crippen LogP contribution in [0, 0.1) is 0 Å². The van der Waals surface area contributed by atoms with Gasteiger partial charge < -0.3 is 10.4 Å². The van der Waals surface area contributed by atoms with Crippen LogP contribution in [0.5, 0.6) is 0 Å². The van der Waals surface area contributed by atoms with E-state index in [-0.39, 0.29) is 12.4 Å². The van der Waals surface area contributed by atoms with Crippen molar-refractivity contribution < 1.29 is 14.7 Å². The van der Waals surface area contributed by atoms with Crippen molar-refractivity contribution in [3.05, 3.63) is 54.4 Å². The number of benzene rings is 1. The highest BCUT2D eigenvalue weighted by Crippen LogP contribution is 2.16. The molecule has 1 atom stereocenters. The third-order valence-electron chi connectivity index (χ3n) is 2.68. The van der Waals surface area contributed by atoms with Crippen molar-refractivity contribution in [2.24, 2.45) is 0 Å². The van der Waals surface area contributed by atoms with Crippen molar-refractivity contribution in [1.82, 2.24) is 15.3 Å². The number of hydrogen-bond acceptors (Lipinski definition) is 4. The predicted molar refractivity (Wildman–Crippen MR) is 75.6 cm³/mol. The monoisotopic (exact) mass is 286 g/mol. The maximum Gasteiger partial charge on any atom is 0.322 e. The molecule has 0 radical (unpaired) electrons. The average molecular weight is 286 g/mol. The molecule has 0 saturated heterocycles. The molecule has 7 heteroatoms. The van der Waals surface area contributed by atoms with Gasteiger partial charge in [0.1, 0.15) is 0 Å². The Morgan fingerprint density at radius 1 is 1.10 bits per heavy atom. The first-order chi connectivity index (χ1) is 10.1. The minimum Gasteiger partial charge on any atom is -0.481 e. The SMILES string of the molecule is O=C(O)CC(NC(=O)Nc1ncccn1)c1ccccc1. The van der Waals surface area contributed by atoms with Gasteiger partial charge in [0.2, 0.25) is 5.95 Å². The molecule has 1 heterocycles. The van der Waals surface area contributed by atoms with E-state index in [0.29, 0.717) is 5.56 Å². The fourth-order valence-corrected chi connectivity index (χ4v) is 1.77. The molecule has 0 bridgehead atoms. The van der Waals surface area contributed by atoms with Crippen molar-refractivity contribution >= 4 is 17.9 Å². The van der Waals surface area contributed by atoms with Crippen LogP contribution in [0.4, 0.5) is 10.7 Å². The Labute approximate surface area is 121 Å². The van der Waals surface area contributed by atoms with Crippen molar-refractivity contribution in [3.63, 3.8) is 0 Å². The molecule has 2 rings (SSSR count). The van der Waals surface area contributed by atoms with E-state index in [9.17, 15) is 9.59 Å². The van der Waals surface area contributed by atoms with Gasteiger partial charge in [0, 0.05) is 12.4 Å². The number of rotatable bonds is 5. The van der Waals surface area contributed by atoms with Crippen LogP contribution in [0.2, 0.25) is 0 Å². The summed E-state index contributed by atoms with van der Waals surface area (Å²) in [6, 6.07) is 9.33. The summed E-state index contributed by atoms with van der Waals surface area (Å²) in [7, 11) is 0. The Bertz CT molecular complexity index is 604. The number of carbonyl (C=O) groups excluding carboxylic acids is 1. The number of nitrogens with zero attached hydrogens (tertiary/aromatic N) is 2. The van der Waals surface area contributed by atoms with E-state index < -0.39 is 18.0 Å². The predicted octanol–water partition coefficient (Wildman–Crippen LogP) is 1.81. The third kappa shape index (κ3) is 4.57. The molecule has 2 aromatic rings. The number of aromatic nitrogens is 2. The Morgan fingerprint density at radius 3 is 2.38 bits per heavy atom. The van der Waals surface area contributed by atoms with Crippen molar-refractivity contribution in [1.29, 1.82) is 0 Å². The molecule has 7 nitrogen and oxygen atoms in total. The Balaban J connectivity index is 2.05. The number of carboxylic acid groups (broad SMARTS) is 1. The number of nitrogens with one attached hydrogen (secondary N) is 2. The van der Waals surface area contributed by atoms with Gasteiger partial charge in [0.05, 0.1) is 12.5 Å². The second kappa shape index (κ2) is 6.99. The molecule has 0 spiro atoms. The van der Waals surface area contributed by atoms with Gasteiger partial charge in [-0.05, 0) is 11.6 Å². The van der Waals surface area contributed by atoms with Gasteiger partial charge in [-0.15, -0.1) is 0 Å². The van der Waals surface area contributed by atoms with Gasteiger partial charge in [-0.2, -0.15) is 0 Å². The van der Waals surface area contributed by atoms with E-state index in [1.807, 2.05) is 6.07 Å². The lowest BCUT2D eigenvalue weighted by atomic mass is 10.0. The second-order valence-electron chi connectivity index (χ2n) is 4.23. The normalized spacial score (nSPS) is 11.4. The summed E-state index contributed by atoms with van der Waals surface area (Å²) < 4.78 is 0. The number of anilines is 1. The molecule has 0 aliphatic rings. The number of hydrogen-bond donors (Lipinski definition) is 3. The standard InChI is InChI=1S/C14H14N4O3/c19-12(20)9-11(10-5-2-1-3-6-10)17-14(21)18-13-15-7-4-8-16-13/h1-8,11H,9H2,(H,19,20)(H2,15,16,17,18,21). The molecule has 3 N–H and O–H groups in total. The van der Waals surface area contributed by atoms with Crippen LogP contribution >= 0.6 is 0 Å². The largest absolute Gasteiger partial charge is 0.481 e. The lowest BCUT2D eigenvalue weighted by Crippen LogP contribution is -2.34. The zero-order chi connectivity index (χ0) is 15.1. The fourth-order valence-electron chi connectivity index (χ4n) is 1.77. The molecule has 0 aliphatic heterocycles. The zero-order valence-electron chi connectivity index (χ0n) is 11.1. The van der Waals surface area contributed by atoms with E-state index in [2.05, 4.69) is 20.6 Å². The number of carboxylic acids is 1. The topological polar surface area (TPSA) is 104 Å². The van der Waals surface area contributed by atoms with Crippen LogP contribution < -0.4 is 10.6 Å². The Hall–Kier alpha value is -2.96. The maximum atomic E-state index is 11.9. The molecule has 0 saturated carbocycles. The van der Waals surface area contributed by atoms with Crippen molar-refractivity contribution in [2.45, 2.75) is 12.5 Å². The number of amides is 2. The quantitative estimate of drug-likeness (QED) is 0.777. The van der Waals surface area contributed by atoms with Crippen LogP contribution in [0.1, 0.15) is 18.0 Å². The minimum absolute atomic E-state index is 0.150. The molecule has 0 aliphatic carbocycles. The minimum atomic E-state index is -1.000. The summed E-state index contributed by atoms with van der Waals surface area (Å²) >= 11 is 0. The molecule has 1 aromatic carbocycles. The molecule has 1 unspecified atom stereocenters. The first-order valence-electron chi connectivity index (χ1n) is 6.26. The smallest absolute Gasteiger partial charge is 0.322 e. The van der Waals surface area contributed by atoms with Gasteiger partial charge in [0.15, 0.2) is 0 Å². The average Bonchev–Trinajstić information content (AvgIpc) is 2.48. The van der Waals surface area contributed by atoms with E-state index >= 15 is 0 Å². The first kappa shape index (κ1) is 14.4. The molecule has 21 heavy (non-hydrogen) atoms. The Morgan fingerprint density at radius 2 is 1.76 bits per heavy atom. The van der Waals surface area contributed by atoms with Gasteiger partial charge >= 0.3 is 12.0 Å². The molecular weight excluding hydrogens is 272 g/mol.